The van der Waals surface area contributed by atoms with Crippen LogP contribution < -0.4 is 4.74 Å². The Morgan fingerprint density at radius 2 is 1.82 bits per heavy atom. The number of rotatable bonds is 4. The molecule has 4 nitrogen and oxygen atoms in total. The first kappa shape index (κ1) is 14.1. The molecule has 3 rings (SSSR count). The first-order valence-corrected chi connectivity index (χ1v) is 6.98. The Hall–Kier alpha value is -2.88. The summed E-state index contributed by atoms with van der Waals surface area (Å²) in [7, 11) is 0. The van der Waals surface area contributed by atoms with E-state index in [2.05, 4.69) is 11.1 Å². The van der Waals surface area contributed by atoms with E-state index in [0.717, 1.165) is 22.0 Å². The molecule has 0 spiro atoms. The number of hydrogen-bond acceptors (Lipinski definition) is 3. The normalized spacial score (nSPS) is 12.0. The van der Waals surface area contributed by atoms with Crippen LogP contribution in [0.1, 0.15) is 6.92 Å². The van der Waals surface area contributed by atoms with E-state index >= 15 is 0 Å². The average Bonchev–Trinajstić information content (AvgIpc) is 2.55. The van der Waals surface area contributed by atoms with Gasteiger partial charge in [0.25, 0.3) is 0 Å². The number of carbonyl (C=O) groups is 1. The first-order chi connectivity index (χ1) is 10.6. The minimum absolute atomic E-state index is 0.543. The van der Waals surface area contributed by atoms with Gasteiger partial charge in [-0.05, 0) is 48.4 Å². The molecule has 1 N–H and O–H groups in total. The molecular weight excluding hydrogens is 278 g/mol. The number of hydrogen-bond donors (Lipinski definition) is 1. The van der Waals surface area contributed by atoms with Gasteiger partial charge in [0, 0.05) is 11.6 Å². The Morgan fingerprint density at radius 1 is 1.09 bits per heavy atom. The van der Waals surface area contributed by atoms with E-state index in [9.17, 15) is 4.79 Å². The molecule has 0 aliphatic rings. The summed E-state index contributed by atoms with van der Waals surface area (Å²) in [6, 6.07) is 17.4. The molecule has 0 saturated heterocycles. The fourth-order valence-corrected chi connectivity index (χ4v) is 2.24. The Balaban J connectivity index is 1.86. The van der Waals surface area contributed by atoms with Crippen LogP contribution in [0.3, 0.4) is 0 Å². The van der Waals surface area contributed by atoms with Crippen LogP contribution in [-0.4, -0.2) is 22.2 Å². The highest BCUT2D eigenvalue weighted by Crippen LogP contribution is 2.25. The van der Waals surface area contributed by atoms with Crippen LogP contribution in [0.25, 0.3) is 22.0 Å². The first-order valence-electron chi connectivity index (χ1n) is 6.98. The Kier molecular flexibility index (Phi) is 3.74. The van der Waals surface area contributed by atoms with Crippen molar-refractivity contribution in [2.75, 3.05) is 0 Å². The summed E-state index contributed by atoms with van der Waals surface area (Å²) < 4.78 is 5.33. The number of carboxylic acids is 1. The van der Waals surface area contributed by atoms with Gasteiger partial charge in [-0.2, -0.15) is 0 Å². The van der Waals surface area contributed by atoms with Crippen molar-refractivity contribution in [2.45, 2.75) is 13.0 Å². The number of ether oxygens (including phenoxy) is 1. The van der Waals surface area contributed by atoms with Crippen molar-refractivity contribution in [3.8, 4) is 16.9 Å². The smallest absolute Gasteiger partial charge is 0.344 e. The molecule has 0 amide bonds. The van der Waals surface area contributed by atoms with Crippen LogP contribution in [0.15, 0.2) is 60.8 Å². The number of pyridine rings is 1. The Labute approximate surface area is 128 Å². The molecule has 3 aromatic rings. The van der Waals surface area contributed by atoms with E-state index < -0.39 is 12.1 Å². The van der Waals surface area contributed by atoms with Gasteiger partial charge in [0.2, 0.25) is 0 Å². The third-order valence-electron chi connectivity index (χ3n) is 3.45. The molecule has 0 aliphatic heterocycles. The zero-order valence-corrected chi connectivity index (χ0v) is 12.1. The third-order valence-corrected chi connectivity index (χ3v) is 3.45. The van der Waals surface area contributed by atoms with E-state index in [1.165, 1.54) is 6.92 Å². The summed E-state index contributed by atoms with van der Waals surface area (Å²) in [6.45, 7) is 1.51. The number of nitrogens with zero attached hydrogens (tertiary/aromatic N) is 1. The summed E-state index contributed by atoms with van der Waals surface area (Å²) in [6.07, 6.45) is 0.912. The maximum atomic E-state index is 10.8. The predicted molar refractivity (Wildman–Crippen MR) is 84.9 cm³/mol. The van der Waals surface area contributed by atoms with Gasteiger partial charge in [-0.3, -0.25) is 4.98 Å². The lowest BCUT2D eigenvalue weighted by Gasteiger charge is -2.11. The highest BCUT2D eigenvalue weighted by molar-refractivity contribution is 5.84. The van der Waals surface area contributed by atoms with Crippen LogP contribution >= 0.6 is 0 Å². The van der Waals surface area contributed by atoms with Crippen molar-refractivity contribution in [3.63, 3.8) is 0 Å². The van der Waals surface area contributed by atoms with Crippen molar-refractivity contribution in [3.05, 3.63) is 60.8 Å². The SMILES string of the molecule is CC(Oc1ccc(-c2ccc3ncccc3c2)cc1)C(=O)O. The molecule has 0 bridgehead atoms. The zero-order valence-electron chi connectivity index (χ0n) is 12.1. The molecule has 4 heteroatoms. The minimum Gasteiger partial charge on any atom is -0.479 e. The fraction of sp³-hybridized carbons (Fsp3) is 0.111. The van der Waals surface area contributed by atoms with Gasteiger partial charge in [-0.25, -0.2) is 4.79 Å². The quantitative estimate of drug-likeness (QED) is 0.795. The molecule has 0 radical (unpaired) electrons. The van der Waals surface area contributed by atoms with E-state index in [1.54, 1.807) is 18.3 Å². The fourth-order valence-electron chi connectivity index (χ4n) is 2.24. The van der Waals surface area contributed by atoms with Crippen molar-refractivity contribution in [1.29, 1.82) is 0 Å². The van der Waals surface area contributed by atoms with E-state index in [-0.39, 0.29) is 0 Å². The van der Waals surface area contributed by atoms with Gasteiger partial charge >= 0.3 is 5.97 Å². The van der Waals surface area contributed by atoms with E-state index in [4.69, 9.17) is 9.84 Å². The molecule has 1 aromatic heterocycles. The number of fused-ring (bicyclic) bond motifs is 1. The van der Waals surface area contributed by atoms with Crippen LogP contribution in [0, 0.1) is 0 Å². The predicted octanol–water partition coefficient (Wildman–Crippen LogP) is 3.75. The summed E-state index contributed by atoms with van der Waals surface area (Å²) in [5.41, 5.74) is 3.08. The maximum absolute atomic E-state index is 10.8. The topological polar surface area (TPSA) is 59.4 Å². The third kappa shape index (κ3) is 2.91. The largest absolute Gasteiger partial charge is 0.479 e. The molecule has 0 aliphatic carbocycles. The van der Waals surface area contributed by atoms with Crippen LogP contribution in [-0.2, 0) is 4.79 Å². The van der Waals surface area contributed by atoms with Gasteiger partial charge in [0.15, 0.2) is 6.10 Å². The second-order valence-corrected chi connectivity index (χ2v) is 5.03. The lowest BCUT2D eigenvalue weighted by atomic mass is 10.0. The average molecular weight is 293 g/mol. The van der Waals surface area contributed by atoms with Crippen molar-refractivity contribution < 1.29 is 14.6 Å². The minimum atomic E-state index is -0.980. The number of benzene rings is 2. The summed E-state index contributed by atoms with van der Waals surface area (Å²) >= 11 is 0. The monoisotopic (exact) mass is 293 g/mol. The molecular formula is C18H15NO3. The molecule has 2 aromatic carbocycles. The van der Waals surface area contributed by atoms with Gasteiger partial charge in [-0.1, -0.05) is 24.3 Å². The molecule has 110 valence electrons. The van der Waals surface area contributed by atoms with Crippen molar-refractivity contribution in [1.82, 2.24) is 4.98 Å². The van der Waals surface area contributed by atoms with Gasteiger partial charge in [0.05, 0.1) is 5.52 Å². The lowest BCUT2D eigenvalue weighted by molar-refractivity contribution is -0.144. The molecule has 0 saturated carbocycles. The number of aromatic nitrogens is 1. The second kappa shape index (κ2) is 5.85. The van der Waals surface area contributed by atoms with Crippen LogP contribution in [0.4, 0.5) is 0 Å². The maximum Gasteiger partial charge on any atom is 0.344 e. The standard InChI is InChI=1S/C18H15NO3/c1-12(18(20)21)22-16-7-4-13(5-8-16)14-6-9-17-15(11-14)3-2-10-19-17/h2-12H,1H3,(H,20,21). The summed E-state index contributed by atoms with van der Waals surface area (Å²) in [5.74, 6) is -0.438. The molecule has 1 heterocycles. The van der Waals surface area contributed by atoms with E-state index in [1.807, 2.05) is 36.4 Å². The second-order valence-electron chi connectivity index (χ2n) is 5.03. The highest BCUT2D eigenvalue weighted by atomic mass is 16.5. The van der Waals surface area contributed by atoms with Crippen LogP contribution in [0.2, 0.25) is 0 Å². The Bertz CT molecular complexity index is 812. The summed E-state index contributed by atoms with van der Waals surface area (Å²) in [4.78, 5) is 15.1. The summed E-state index contributed by atoms with van der Waals surface area (Å²) in [5, 5.41) is 9.93. The molecule has 22 heavy (non-hydrogen) atoms. The number of aliphatic carboxylic acids is 1. The highest BCUT2D eigenvalue weighted by Gasteiger charge is 2.12. The van der Waals surface area contributed by atoms with E-state index in [0.29, 0.717) is 5.75 Å². The van der Waals surface area contributed by atoms with Crippen molar-refractivity contribution in [2.24, 2.45) is 0 Å². The number of carboxylic acid groups (broad SMARTS) is 1. The van der Waals surface area contributed by atoms with Crippen LogP contribution in [0.5, 0.6) is 5.75 Å². The van der Waals surface area contributed by atoms with Gasteiger partial charge in [-0.15, -0.1) is 0 Å². The molecule has 0 fully saturated rings. The Morgan fingerprint density at radius 3 is 2.55 bits per heavy atom. The molecule has 1 atom stereocenters. The van der Waals surface area contributed by atoms with Crippen molar-refractivity contribution >= 4 is 16.9 Å². The lowest BCUT2D eigenvalue weighted by Crippen LogP contribution is -2.22. The van der Waals surface area contributed by atoms with Gasteiger partial charge in [0.1, 0.15) is 5.75 Å². The van der Waals surface area contributed by atoms with Gasteiger partial charge < -0.3 is 9.84 Å². The zero-order chi connectivity index (χ0) is 15.5. The molecule has 1 unspecified atom stereocenters.